The molecule has 2 aromatic rings. The number of hydrogen-bond donors (Lipinski definition) is 4. The Morgan fingerprint density at radius 1 is 1.36 bits per heavy atom. The standard InChI is InChI=1S/C26H33FN6O6/c1-26(2,3)39-19-13-15(27)12-18-22(19)32-21(29-18)14-33-11-7-9-17(24(33)36)30-23(35)16(31-25(37)38-4)8-5-6-10-20(28)34/h6-7,9-12,16,19H,5,8,13-14H2,1-4H3,(H2,28,34)(H,29,32)(H,30,35)(H,31,37)/b10-6+/t16-,19?/m0/s1. The van der Waals surface area contributed by atoms with Gasteiger partial charge in [-0.2, -0.15) is 0 Å². The summed E-state index contributed by atoms with van der Waals surface area (Å²) in [5.41, 5.74) is 5.04. The molecule has 0 spiro atoms. The summed E-state index contributed by atoms with van der Waals surface area (Å²) in [6.07, 6.45) is 4.55. The smallest absolute Gasteiger partial charge is 0.407 e. The van der Waals surface area contributed by atoms with Gasteiger partial charge in [-0.3, -0.25) is 14.4 Å². The minimum atomic E-state index is -1.05. The summed E-state index contributed by atoms with van der Waals surface area (Å²) in [7, 11) is 1.15. The molecule has 13 heteroatoms. The number of carbonyl (C=O) groups is 3. The minimum absolute atomic E-state index is 0.0228. The van der Waals surface area contributed by atoms with E-state index >= 15 is 0 Å². The molecule has 1 aliphatic rings. The number of aromatic nitrogens is 3. The van der Waals surface area contributed by atoms with Crippen molar-refractivity contribution in [3.8, 4) is 0 Å². The SMILES string of the molecule is COC(=O)N[C@@H](CC/C=C/C(N)=O)C(=O)Nc1cccn(Cc2nc3c([nH]2)C(OC(C)(C)C)CC(F)=C3)c1=O. The van der Waals surface area contributed by atoms with Crippen molar-refractivity contribution in [2.24, 2.45) is 5.73 Å². The van der Waals surface area contributed by atoms with E-state index in [2.05, 4.69) is 25.3 Å². The molecule has 0 saturated carbocycles. The largest absolute Gasteiger partial charge is 0.453 e. The lowest BCUT2D eigenvalue weighted by molar-refractivity contribution is -0.118. The third-order valence-electron chi connectivity index (χ3n) is 5.60. The van der Waals surface area contributed by atoms with Crippen LogP contribution in [0.2, 0.25) is 0 Å². The van der Waals surface area contributed by atoms with Crippen molar-refractivity contribution in [2.45, 2.75) is 64.3 Å². The topological polar surface area (TPSA) is 170 Å². The molecule has 3 amide bonds. The maximum Gasteiger partial charge on any atom is 0.407 e. The molecule has 0 saturated heterocycles. The van der Waals surface area contributed by atoms with Crippen molar-refractivity contribution in [2.75, 3.05) is 12.4 Å². The summed E-state index contributed by atoms with van der Waals surface area (Å²) in [6, 6.07) is 1.95. The number of fused-ring (bicyclic) bond motifs is 1. The number of nitrogens with zero attached hydrogens (tertiary/aromatic N) is 2. The average molecular weight is 545 g/mol. The van der Waals surface area contributed by atoms with E-state index in [0.717, 1.165) is 13.2 Å². The maximum atomic E-state index is 14.2. The zero-order valence-electron chi connectivity index (χ0n) is 22.2. The van der Waals surface area contributed by atoms with Crippen LogP contribution in [-0.2, 0) is 25.6 Å². The molecule has 2 heterocycles. The maximum absolute atomic E-state index is 14.2. The van der Waals surface area contributed by atoms with Gasteiger partial charge in [0.25, 0.3) is 5.56 Å². The third kappa shape index (κ3) is 8.37. The molecule has 12 nitrogen and oxygen atoms in total. The number of nitrogens with one attached hydrogen (secondary N) is 3. The summed E-state index contributed by atoms with van der Waals surface area (Å²) in [5, 5.41) is 4.94. The number of aromatic amines is 1. The molecular weight excluding hydrogens is 511 g/mol. The van der Waals surface area contributed by atoms with E-state index < -0.39 is 41.2 Å². The van der Waals surface area contributed by atoms with Gasteiger partial charge in [0.2, 0.25) is 11.8 Å². The van der Waals surface area contributed by atoms with Crippen molar-refractivity contribution in [1.29, 1.82) is 0 Å². The molecule has 1 unspecified atom stereocenters. The zero-order valence-corrected chi connectivity index (χ0v) is 22.2. The monoisotopic (exact) mass is 544 g/mol. The van der Waals surface area contributed by atoms with Gasteiger partial charge in [0.05, 0.1) is 30.6 Å². The van der Waals surface area contributed by atoms with Gasteiger partial charge in [0, 0.05) is 12.6 Å². The number of amides is 3. The summed E-state index contributed by atoms with van der Waals surface area (Å²) in [4.78, 5) is 56.2. The number of pyridine rings is 1. The number of nitrogens with two attached hydrogens (primary N) is 1. The van der Waals surface area contributed by atoms with Crippen molar-refractivity contribution in [3.05, 3.63) is 63.9 Å². The van der Waals surface area contributed by atoms with Crippen LogP contribution in [0.3, 0.4) is 0 Å². The Balaban J connectivity index is 1.77. The highest BCUT2D eigenvalue weighted by atomic mass is 19.1. The zero-order chi connectivity index (χ0) is 28.7. The van der Waals surface area contributed by atoms with Crippen molar-refractivity contribution in [3.63, 3.8) is 0 Å². The highest BCUT2D eigenvalue weighted by Gasteiger charge is 2.30. The molecular formula is C26H33FN6O6. The molecule has 1 aliphatic carbocycles. The molecule has 2 atom stereocenters. The lowest BCUT2D eigenvalue weighted by Crippen LogP contribution is -2.44. The number of primary amides is 1. The van der Waals surface area contributed by atoms with E-state index in [1.807, 2.05) is 20.8 Å². The molecule has 210 valence electrons. The van der Waals surface area contributed by atoms with E-state index in [1.54, 1.807) is 6.07 Å². The molecule has 0 bridgehead atoms. The van der Waals surface area contributed by atoms with Crippen LogP contribution in [0.4, 0.5) is 14.9 Å². The highest BCUT2D eigenvalue weighted by Crippen LogP contribution is 2.36. The Labute approximate surface area is 224 Å². The average Bonchev–Trinajstić information content (AvgIpc) is 3.24. The van der Waals surface area contributed by atoms with E-state index in [-0.39, 0.29) is 37.3 Å². The lowest BCUT2D eigenvalue weighted by Gasteiger charge is -2.28. The molecule has 0 aliphatic heterocycles. The van der Waals surface area contributed by atoms with Gasteiger partial charge < -0.3 is 35.4 Å². The van der Waals surface area contributed by atoms with E-state index in [4.69, 9.17) is 10.5 Å². The van der Waals surface area contributed by atoms with Crippen molar-refractivity contribution >= 4 is 29.7 Å². The third-order valence-corrected chi connectivity index (χ3v) is 5.60. The number of rotatable bonds is 10. The molecule has 5 N–H and O–H groups in total. The van der Waals surface area contributed by atoms with Crippen molar-refractivity contribution < 1.29 is 28.2 Å². The van der Waals surface area contributed by atoms with Crippen LogP contribution in [0.1, 0.15) is 63.3 Å². The summed E-state index contributed by atoms with van der Waals surface area (Å²) >= 11 is 0. The molecule has 3 rings (SSSR count). The van der Waals surface area contributed by atoms with Crippen LogP contribution in [0, 0.1) is 0 Å². The normalized spacial score (nSPS) is 15.8. The molecule has 2 aromatic heterocycles. The number of H-pyrrole nitrogens is 1. The van der Waals surface area contributed by atoms with Crippen LogP contribution in [-0.4, -0.2) is 51.2 Å². The predicted octanol–water partition coefficient (Wildman–Crippen LogP) is 2.67. The predicted molar refractivity (Wildman–Crippen MR) is 141 cm³/mol. The van der Waals surface area contributed by atoms with E-state index in [1.165, 1.54) is 29.0 Å². The fourth-order valence-corrected chi connectivity index (χ4v) is 3.97. The Kier molecular flexibility index (Phi) is 9.41. The van der Waals surface area contributed by atoms with Crippen LogP contribution in [0.15, 0.2) is 41.1 Å². The second kappa shape index (κ2) is 12.5. The van der Waals surface area contributed by atoms with Gasteiger partial charge in [0.15, 0.2) is 0 Å². The second-order valence-corrected chi connectivity index (χ2v) is 9.91. The number of anilines is 1. The quantitative estimate of drug-likeness (QED) is 0.333. The van der Waals surface area contributed by atoms with Gasteiger partial charge in [0.1, 0.15) is 29.5 Å². The number of hydrogen-bond acceptors (Lipinski definition) is 7. The van der Waals surface area contributed by atoms with E-state index in [0.29, 0.717) is 17.2 Å². The number of imidazole rings is 1. The second-order valence-electron chi connectivity index (χ2n) is 9.91. The van der Waals surface area contributed by atoms with E-state index in [9.17, 15) is 23.6 Å². The highest BCUT2D eigenvalue weighted by molar-refractivity contribution is 5.96. The summed E-state index contributed by atoms with van der Waals surface area (Å²) < 4.78 is 26.1. The lowest BCUT2D eigenvalue weighted by atomic mass is 10.0. The molecule has 0 radical (unpaired) electrons. The number of carbonyl (C=O) groups excluding carboxylic acids is 3. The van der Waals surface area contributed by atoms with Crippen molar-refractivity contribution in [1.82, 2.24) is 19.9 Å². The first-order valence-corrected chi connectivity index (χ1v) is 12.3. The van der Waals surface area contributed by atoms with Gasteiger partial charge in [-0.25, -0.2) is 14.2 Å². The van der Waals surface area contributed by atoms with Gasteiger partial charge in [-0.15, -0.1) is 0 Å². The van der Waals surface area contributed by atoms with Crippen LogP contribution in [0.5, 0.6) is 0 Å². The van der Waals surface area contributed by atoms with Gasteiger partial charge in [-0.05, 0) is 57.9 Å². The first-order valence-electron chi connectivity index (χ1n) is 12.3. The molecule has 0 fully saturated rings. The van der Waals surface area contributed by atoms with Crippen LogP contribution in [0.25, 0.3) is 6.08 Å². The Bertz CT molecular complexity index is 1340. The minimum Gasteiger partial charge on any atom is -0.453 e. The Morgan fingerprint density at radius 2 is 2.10 bits per heavy atom. The number of alkyl carbamates (subject to hydrolysis) is 1. The van der Waals surface area contributed by atoms with Crippen LogP contribution < -0.4 is 21.9 Å². The van der Waals surface area contributed by atoms with Crippen LogP contribution >= 0.6 is 0 Å². The first-order chi connectivity index (χ1) is 18.4. The molecule has 39 heavy (non-hydrogen) atoms. The number of methoxy groups -OCH3 is 1. The summed E-state index contributed by atoms with van der Waals surface area (Å²) in [5.74, 6) is -1.24. The Morgan fingerprint density at radius 3 is 2.77 bits per heavy atom. The number of ether oxygens (including phenoxy) is 2. The summed E-state index contributed by atoms with van der Waals surface area (Å²) in [6.45, 7) is 5.66. The fraction of sp³-hybridized carbons (Fsp3) is 0.423. The fourth-order valence-electron chi connectivity index (χ4n) is 3.97. The first kappa shape index (κ1) is 29.3. The number of halogens is 1. The number of allylic oxidation sites excluding steroid dienone is 1. The Hall–Kier alpha value is -4.26. The van der Waals surface area contributed by atoms with Gasteiger partial charge >= 0.3 is 6.09 Å². The molecule has 0 aromatic carbocycles. The van der Waals surface area contributed by atoms with Gasteiger partial charge in [-0.1, -0.05) is 6.08 Å².